The van der Waals surface area contributed by atoms with E-state index in [9.17, 15) is 9.90 Å². The average molecular weight is 917 g/mol. The number of tetrazole rings is 1. The zero-order valence-corrected chi connectivity index (χ0v) is 35.7. The lowest BCUT2D eigenvalue weighted by Gasteiger charge is -2.34. The number of sulfonamides is 1. The maximum absolute atomic E-state index is 15.5. The highest BCUT2D eigenvalue weighted by Gasteiger charge is 2.38. The van der Waals surface area contributed by atoms with Gasteiger partial charge in [-0.15, -0.1) is 22.0 Å². The zero-order valence-electron chi connectivity index (χ0n) is 31.9. The number of aliphatic hydroxyl groups is 1. The molecule has 0 aliphatic carbocycles. The van der Waals surface area contributed by atoms with Crippen LogP contribution in [0.25, 0.3) is 11.4 Å². The highest BCUT2D eigenvalue weighted by atomic mass is 127. The number of carbonyl (C=O) groups is 1. The molecule has 0 saturated heterocycles. The number of nitrogens with two attached hydrogens (primary N) is 1. The van der Waals surface area contributed by atoms with E-state index >= 15 is 8.42 Å². The average Bonchev–Trinajstić information content (AvgIpc) is 3.64. The van der Waals surface area contributed by atoms with Gasteiger partial charge in [0.05, 0.1) is 33.4 Å². The molecule has 56 heavy (non-hydrogen) atoms. The lowest BCUT2D eigenvalue weighted by atomic mass is 9.88. The Morgan fingerprint density at radius 1 is 0.857 bits per heavy atom. The number of primary amides is 1. The zero-order chi connectivity index (χ0) is 40.6. The molecular weight excluding hydrogens is 872 g/mol. The molecule has 0 bridgehead atoms. The topological polar surface area (TPSA) is 181 Å². The van der Waals surface area contributed by atoms with Crippen LogP contribution in [0.2, 0.25) is 0 Å². The second-order valence-corrected chi connectivity index (χ2v) is 18.0. The van der Waals surface area contributed by atoms with E-state index < -0.39 is 32.9 Å². The fraction of sp³-hybridized carbons (Fsp3) is 0.333. The van der Waals surface area contributed by atoms with Gasteiger partial charge in [-0.3, -0.25) is 0 Å². The van der Waals surface area contributed by atoms with Gasteiger partial charge in [-0.05, 0) is 98.4 Å². The number of aliphatic hydroxyl groups excluding tert-OH is 1. The van der Waals surface area contributed by atoms with E-state index in [1.54, 1.807) is 57.7 Å². The van der Waals surface area contributed by atoms with Gasteiger partial charge in [0.2, 0.25) is 15.8 Å². The Hall–Kier alpha value is -4.43. The molecule has 1 aromatic heterocycles. The lowest BCUT2D eigenvalue weighted by Crippen LogP contribution is -2.39. The molecule has 5 rings (SSSR count). The first-order chi connectivity index (χ1) is 26.6. The van der Waals surface area contributed by atoms with Crippen molar-refractivity contribution >= 4 is 50.5 Å². The Morgan fingerprint density at radius 3 is 1.82 bits per heavy atom. The minimum absolute atomic E-state index is 0.00272. The van der Waals surface area contributed by atoms with Crippen molar-refractivity contribution in [3.8, 4) is 28.6 Å². The molecule has 0 unspecified atom stereocenters. The van der Waals surface area contributed by atoms with E-state index in [1.807, 2.05) is 69.3 Å². The second kappa shape index (κ2) is 18.7. The maximum Gasteiger partial charge on any atom is 0.404 e. The minimum Gasteiger partial charge on any atom is -0.497 e. The van der Waals surface area contributed by atoms with Gasteiger partial charge in [0.25, 0.3) is 0 Å². The molecule has 5 aromatic rings. The number of aromatic nitrogens is 4. The molecule has 0 saturated carbocycles. The molecule has 298 valence electrons. The summed E-state index contributed by atoms with van der Waals surface area (Å²) in [5.41, 5.74) is 7.20. The number of amides is 1. The molecule has 0 fully saturated rings. The Labute approximate surface area is 344 Å². The van der Waals surface area contributed by atoms with Crippen LogP contribution in [-0.2, 0) is 34.4 Å². The van der Waals surface area contributed by atoms with Crippen LogP contribution in [-0.4, -0.2) is 83.4 Å². The molecule has 14 nitrogen and oxygen atoms in total. The van der Waals surface area contributed by atoms with Crippen molar-refractivity contribution in [2.75, 3.05) is 27.9 Å². The summed E-state index contributed by atoms with van der Waals surface area (Å²) in [6, 6.07) is 25.3. The van der Waals surface area contributed by atoms with Crippen molar-refractivity contribution in [2.45, 2.75) is 61.6 Å². The van der Waals surface area contributed by atoms with Crippen LogP contribution in [0, 0.1) is 8.99 Å². The smallest absolute Gasteiger partial charge is 0.404 e. The summed E-state index contributed by atoms with van der Waals surface area (Å²) >= 11 is 3.25. The summed E-state index contributed by atoms with van der Waals surface area (Å²) in [6.07, 6.45) is -2.23. The third-order valence-corrected chi connectivity index (χ3v) is 13.5. The summed E-state index contributed by atoms with van der Waals surface area (Å²) < 4.78 is 54.0. The first kappa shape index (κ1) is 42.7. The summed E-state index contributed by atoms with van der Waals surface area (Å²) in [7, 11) is 0.290. The predicted octanol–water partition coefficient (Wildman–Crippen LogP) is 6.37. The minimum atomic E-state index is -4.43. The number of hydrogen-bond acceptors (Lipinski definition) is 12. The van der Waals surface area contributed by atoms with Crippen LogP contribution in [0.4, 0.5) is 4.79 Å². The number of carbonyl (C=O) groups excluding carboxylic acids is 1. The molecule has 0 radical (unpaired) electrons. The number of rotatable bonds is 17. The number of thioether (sulfide) groups is 1. The van der Waals surface area contributed by atoms with Gasteiger partial charge in [-0.1, -0.05) is 57.2 Å². The van der Waals surface area contributed by atoms with Crippen molar-refractivity contribution in [2.24, 2.45) is 11.1 Å². The Morgan fingerprint density at radius 2 is 1.36 bits per heavy atom. The van der Waals surface area contributed by atoms with Crippen molar-refractivity contribution in [3.05, 3.63) is 105 Å². The largest absolute Gasteiger partial charge is 0.497 e. The number of nitrogens with zero attached hydrogens (tertiary/aromatic N) is 5. The number of methoxy groups -OCH3 is 3. The van der Waals surface area contributed by atoms with Crippen LogP contribution in [0.3, 0.4) is 0 Å². The van der Waals surface area contributed by atoms with Crippen molar-refractivity contribution < 1.29 is 37.3 Å². The predicted molar refractivity (Wildman–Crippen MR) is 221 cm³/mol. The Kier molecular flexibility index (Phi) is 14.2. The molecular formula is C39H45IN6O8S2. The second-order valence-electron chi connectivity index (χ2n) is 13.8. The fourth-order valence-corrected chi connectivity index (χ4v) is 10.1. The van der Waals surface area contributed by atoms with Crippen molar-refractivity contribution in [1.29, 1.82) is 0 Å². The molecule has 0 aliphatic heterocycles. The SMILES string of the molecule is COc1ccc(CN(Cc2ccc(OC)cc2)S(=O)(=O)c2c(S[C@H]([C@@H](O)COC(N)=O)C(C)(C)C)ccc(I)c2-c2nnn(Cc3ccc(OC)cc3)n2)cc1. The van der Waals surface area contributed by atoms with Crippen molar-refractivity contribution in [3.63, 3.8) is 0 Å². The maximum atomic E-state index is 15.5. The summed E-state index contributed by atoms with van der Waals surface area (Å²) in [5, 5.41) is 24.1. The van der Waals surface area contributed by atoms with E-state index in [1.165, 1.54) is 9.10 Å². The van der Waals surface area contributed by atoms with Crippen LogP contribution in [0.5, 0.6) is 17.2 Å². The van der Waals surface area contributed by atoms with Gasteiger partial charge in [-0.25, -0.2) is 13.2 Å². The van der Waals surface area contributed by atoms with Gasteiger partial charge < -0.3 is 29.8 Å². The van der Waals surface area contributed by atoms with Crippen LogP contribution < -0.4 is 19.9 Å². The molecule has 3 N–H and O–H groups in total. The first-order valence-electron chi connectivity index (χ1n) is 17.4. The van der Waals surface area contributed by atoms with E-state index in [0.29, 0.717) is 25.7 Å². The van der Waals surface area contributed by atoms with Gasteiger partial charge in [0, 0.05) is 26.8 Å². The molecule has 1 heterocycles. The van der Waals surface area contributed by atoms with Gasteiger partial charge >= 0.3 is 6.09 Å². The number of halogens is 1. The Bertz CT molecular complexity index is 2150. The summed E-state index contributed by atoms with van der Waals surface area (Å²) in [5.74, 6) is 2.07. The summed E-state index contributed by atoms with van der Waals surface area (Å²) in [4.78, 5) is 13.2. The molecule has 1 amide bonds. The number of ether oxygens (including phenoxy) is 4. The molecule has 2 atom stereocenters. The van der Waals surface area contributed by atoms with Crippen LogP contribution >= 0.6 is 34.4 Å². The molecule has 17 heteroatoms. The quantitative estimate of drug-likeness (QED) is 0.0779. The van der Waals surface area contributed by atoms with Gasteiger partial charge in [-0.2, -0.15) is 9.10 Å². The van der Waals surface area contributed by atoms with E-state index in [2.05, 4.69) is 38.0 Å². The third kappa shape index (κ3) is 10.7. The molecule has 0 spiro atoms. The molecule has 4 aromatic carbocycles. The number of benzene rings is 4. The van der Waals surface area contributed by atoms with Crippen LogP contribution in [0.15, 0.2) is 94.7 Å². The normalized spacial score (nSPS) is 12.9. The van der Waals surface area contributed by atoms with E-state index in [4.69, 9.17) is 24.7 Å². The van der Waals surface area contributed by atoms with Gasteiger partial charge in [0.1, 0.15) is 34.9 Å². The molecule has 0 aliphatic rings. The van der Waals surface area contributed by atoms with Gasteiger partial charge in [0.15, 0.2) is 0 Å². The first-order valence-corrected chi connectivity index (χ1v) is 20.8. The lowest BCUT2D eigenvalue weighted by molar-refractivity contribution is 0.0530. The highest BCUT2D eigenvalue weighted by Crippen LogP contribution is 2.45. The van der Waals surface area contributed by atoms with Crippen LogP contribution in [0.1, 0.15) is 37.5 Å². The third-order valence-electron chi connectivity index (χ3n) is 8.72. The van der Waals surface area contributed by atoms with E-state index in [-0.39, 0.29) is 42.5 Å². The monoisotopic (exact) mass is 916 g/mol. The number of hydrogen-bond donors (Lipinski definition) is 2. The fourth-order valence-electron chi connectivity index (χ4n) is 5.85. The Balaban J connectivity index is 1.68. The van der Waals surface area contributed by atoms with E-state index in [0.717, 1.165) is 28.5 Å². The standard InChI is InChI=1S/C39H45IN6O8S2/c1-39(2,3)36(32(47)24-54-38(41)48)55-33-20-19-31(40)34(37-42-44-46(43-37)23-27-11-17-30(53-6)18-12-27)35(33)56(49,50)45(21-25-7-13-28(51-4)14-8-25)22-26-9-15-29(52-5)16-10-26/h7-20,32,36,47H,21-24H2,1-6H3,(H2,41,48)/t32-,36+/m0/s1. The summed E-state index contributed by atoms with van der Waals surface area (Å²) in [6.45, 7) is 5.62. The van der Waals surface area contributed by atoms with Crippen molar-refractivity contribution in [1.82, 2.24) is 24.5 Å². The highest BCUT2D eigenvalue weighted by molar-refractivity contribution is 14.1.